The number of methoxy groups -OCH3 is 1. The molecule has 208 valence electrons. The lowest BCUT2D eigenvalue weighted by Gasteiger charge is -2.32. The van der Waals surface area contributed by atoms with E-state index in [0.717, 1.165) is 21.0 Å². The predicted octanol–water partition coefficient (Wildman–Crippen LogP) is 4.45. The number of carbonyl (C=O) groups excluding carboxylic acids is 2. The van der Waals surface area contributed by atoms with Gasteiger partial charge >= 0.3 is 0 Å². The summed E-state index contributed by atoms with van der Waals surface area (Å²) < 4.78 is 34.6. The van der Waals surface area contributed by atoms with Crippen molar-refractivity contribution in [1.82, 2.24) is 10.2 Å². The quantitative estimate of drug-likeness (QED) is 0.380. The average Bonchev–Trinajstić information content (AvgIpc) is 2.90. The number of amides is 2. The van der Waals surface area contributed by atoms with E-state index in [0.29, 0.717) is 5.75 Å². The van der Waals surface area contributed by atoms with Gasteiger partial charge in [-0.1, -0.05) is 54.1 Å². The molecule has 0 aliphatic carbocycles. The molecule has 1 atom stereocenters. The maximum absolute atomic E-state index is 14.0. The summed E-state index contributed by atoms with van der Waals surface area (Å²) in [6.07, 6.45) is 0. The highest BCUT2D eigenvalue weighted by Gasteiger charge is 2.34. The van der Waals surface area contributed by atoms with Crippen molar-refractivity contribution in [2.24, 2.45) is 0 Å². The first-order valence-electron chi connectivity index (χ1n) is 12.8. The third-order valence-electron chi connectivity index (χ3n) is 6.28. The number of benzene rings is 3. The molecule has 1 unspecified atom stereocenters. The molecular weight excluding hydrogens is 514 g/mol. The fourth-order valence-electron chi connectivity index (χ4n) is 4.11. The van der Waals surface area contributed by atoms with Crippen molar-refractivity contribution in [3.8, 4) is 5.75 Å². The van der Waals surface area contributed by atoms with Crippen LogP contribution in [0.4, 0.5) is 5.69 Å². The van der Waals surface area contributed by atoms with Gasteiger partial charge in [-0.25, -0.2) is 8.42 Å². The first kappa shape index (κ1) is 29.7. The van der Waals surface area contributed by atoms with Gasteiger partial charge in [0.05, 0.1) is 17.7 Å². The van der Waals surface area contributed by atoms with Crippen molar-refractivity contribution >= 4 is 27.5 Å². The number of rotatable bonds is 11. The van der Waals surface area contributed by atoms with E-state index in [-0.39, 0.29) is 29.1 Å². The minimum absolute atomic E-state index is 0.0460. The molecule has 8 nitrogen and oxygen atoms in total. The lowest BCUT2D eigenvalue weighted by atomic mass is 10.1. The Kier molecular flexibility index (Phi) is 9.75. The second-order valence-corrected chi connectivity index (χ2v) is 11.7. The minimum Gasteiger partial charge on any atom is -0.495 e. The number of anilines is 1. The Labute approximate surface area is 231 Å². The molecule has 2 amide bonds. The molecule has 3 aromatic rings. The van der Waals surface area contributed by atoms with E-state index < -0.39 is 28.5 Å². The molecule has 0 saturated heterocycles. The van der Waals surface area contributed by atoms with E-state index in [1.807, 2.05) is 58.0 Å². The molecule has 0 spiro atoms. The summed E-state index contributed by atoms with van der Waals surface area (Å²) in [4.78, 5) is 28.4. The zero-order valence-corrected chi connectivity index (χ0v) is 24.2. The molecule has 0 aliphatic heterocycles. The predicted molar refractivity (Wildman–Crippen MR) is 153 cm³/mol. The molecule has 0 aliphatic rings. The molecule has 0 aromatic heterocycles. The Morgan fingerprint density at radius 3 is 2.10 bits per heavy atom. The van der Waals surface area contributed by atoms with Crippen LogP contribution in [0.25, 0.3) is 0 Å². The summed E-state index contributed by atoms with van der Waals surface area (Å²) in [7, 11) is -2.73. The SMILES string of the molecule is COc1ccc(C)cc1N(CC(=O)N(Cc1ccccc1)C(C)C(=O)NC(C)C)S(=O)(=O)c1ccc(C)cc1. The number of hydrogen-bond acceptors (Lipinski definition) is 5. The van der Waals surface area contributed by atoms with Crippen molar-refractivity contribution in [2.75, 3.05) is 18.0 Å². The number of nitrogens with zero attached hydrogens (tertiary/aromatic N) is 2. The van der Waals surface area contributed by atoms with Crippen molar-refractivity contribution < 1.29 is 22.7 Å². The molecule has 0 bridgehead atoms. The minimum atomic E-state index is -4.18. The van der Waals surface area contributed by atoms with Gasteiger partial charge in [0.15, 0.2) is 0 Å². The van der Waals surface area contributed by atoms with Crippen LogP contribution in [0.1, 0.15) is 37.5 Å². The molecular formula is C30H37N3O5S. The number of carbonyl (C=O) groups is 2. The van der Waals surface area contributed by atoms with Crippen molar-refractivity contribution in [2.45, 2.75) is 58.1 Å². The fourth-order valence-corrected chi connectivity index (χ4v) is 5.53. The Balaban J connectivity index is 2.09. The monoisotopic (exact) mass is 551 g/mol. The van der Waals surface area contributed by atoms with E-state index >= 15 is 0 Å². The lowest BCUT2D eigenvalue weighted by molar-refractivity contribution is -0.139. The molecule has 39 heavy (non-hydrogen) atoms. The number of aryl methyl sites for hydroxylation is 2. The topological polar surface area (TPSA) is 96.0 Å². The highest BCUT2D eigenvalue weighted by Crippen LogP contribution is 2.33. The molecule has 0 heterocycles. The molecule has 3 rings (SSSR count). The number of hydrogen-bond donors (Lipinski definition) is 1. The largest absolute Gasteiger partial charge is 0.495 e. The summed E-state index contributed by atoms with van der Waals surface area (Å²) in [6, 6.07) is 19.9. The van der Waals surface area contributed by atoms with Crippen LogP contribution in [0.3, 0.4) is 0 Å². The highest BCUT2D eigenvalue weighted by atomic mass is 32.2. The van der Waals surface area contributed by atoms with E-state index in [2.05, 4.69) is 5.32 Å². The molecule has 1 N–H and O–H groups in total. The van der Waals surface area contributed by atoms with Crippen LogP contribution in [0.2, 0.25) is 0 Å². The molecule has 0 radical (unpaired) electrons. The summed E-state index contributed by atoms with van der Waals surface area (Å²) >= 11 is 0. The summed E-state index contributed by atoms with van der Waals surface area (Å²) in [5, 5.41) is 2.85. The normalized spacial score (nSPS) is 12.1. The smallest absolute Gasteiger partial charge is 0.264 e. The molecule has 9 heteroatoms. The van der Waals surface area contributed by atoms with Gasteiger partial charge in [0.1, 0.15) is 18.3 Å². The highest BCUT2D eigenvalue weighted by molar-refractivity contribution is 7.92. The van der Waals surface area contributed by atoms with Crippen LogP contribution in [0, 0.1) is 13.8 Å². The molecule has 0 fully saturated rings. The van der Waals surface area contributed by atoms with Crippen LogP contribution >= 0.6 is 0 Å². The van der Waals surface area contributed by atoms with E-state index in [4.69, 9.17) is 4.74 Å². The molecule has 3 aromatic carbocycles. The summed E-state index contributed by atoms with van der Waals surface area (Å²) in [5.41, 5.74) is 2.76. The molecule has 0 saturated carbocycles. The first-order chi connectivity index (χ1) is 18.4. The third-order valence-corrected chi connectivity index (χ3v) is 8.06. The second-order valence-electron chi connectivity index (χ2n) is 9.85. The van der Waals surface area contributed by atoms with E-state index in [1.165, 1.54) is 24.1 Å². The maximum Gasteiger partial charge on any atom is 0.264 e. The van der Waals surface area contributed by atoms with Gasteiger partial charge in [0.2, 0.25) is 11.8 Å². The van der Waals surface area contributed by atoms with Gasteiger partial charge < -0.3 is 15.0 Å². The zero-order chi connectivity index (χ0) is 28.7. The Morgan fingerprint density at radius 2 is 1.51 bits per heavy atom. The Hall–Kier alpha value is -3.85. The van der Waals surface area contributed by atoms with Crippen LogP contribution < -0.4 is 14.4 Å². The average molecular weight is 552 g/mol. The third kappa shape index (κ3) is 7.38. The van der Waals surface area contributed by atoms with E-state index in [1.54, 1.807) is 37.3 Å². The number of sulfonamides is 1. The first-order valence-corrected chi connectivity index (χ1v) is 14.3. The van der Waals surface area contributed by atoms with Crippen molar-refractivity contribution in [3.05, 3.63) is 89.5 Å². The number of ether oxygens (including phenoxy) is 1. The fraction of sp³-hybridized carbons (Fsp3) is 0.333. The van der Waals surface area contributed by atoms with Crippen molar-refractivity contribution in [3.63, 3.8) is 0 Å². The van der Waals surface area contributed by atoms with Crippen LogP contribution in [-0.4, -0.2) is 50.9 Å². The van der Waals surface area contributed by atoms with Gasteiger partial charge in [-0.3, -0.25) is 13.9 Å². The summed E-state index contributed by atoms with van der Waals surface area (Å²) in [5.74, 6) is -0.538. The second kappa shape index (κ2) is 12.8. The summed E-state index contributed by atoms with van der Waals surface area (Å²) in [6.45, 7) is 8.64. The zero-order valence-electron chi connectivity index (χ0n) is 23.3. The standard InChI is InChI=1S/C30H37N3O5S/c1-21(2)31-30(35)24(5)32(19-25-10-8-7-9-11-25)29(34)20-33(27-18-23(4)14-17-28(27)38-6)39(36,37)26-15-12-22(3)13-16-26/h7-18,21,24H,19-20H2,1-6H3,(H,31,35). The van der Waals surface area contributed by atoms with Gasteiger partial charge in [-0.05, 0) is 70.0 Å². The van der Waals surface area contributed by atoms with Crippen LogP contribution in [0.5, 0.6) is 5.75 Å². The van der Waals surface area contributed by atoms with Crippen LogP contribution in [-0.2, 0) is 26.2 Å². The van der Waals surface area contributed by atoms with Gasteiger partial charge in [-0.15, -0.1) is 0 Å². The Bertz CT molecular complexity index is 1390. The van der Waals surface area contributed by atoms with Gasteiger partial charge in [0.25, 0.3) is 10.0 Å². The maximum atomic E-state index is 14.0. The van der Waals surface area contributed by atoms with Gasteiger partial charge in [-0.2, -0.15) is 0 Å². The number of nitrogens with one attached hydrogen (secondary N) is 1. The van der Waals surface area contributed by atoms with E-state index in [9.17, 15) is 18.0 Å². The lowest BCUT2D eigenvalue weighted by Crippen LogP contribution is -2.52. The Morgan fingerprint density at radius 1 is 0.897 bits per heavy atom. The van der Waals surface area contributed by atoms with Gasteiger partial charge in [0, 0.05) is 12.6 Å². The van der Waals surface area contributed by atoms with Crippen molar-refractivity contribution in [1.29, 1.82) is 0 Å². The van der Waals surface area contributed by atoms with Crippen LogP contribution in [0.15, 0.2) is 77.7 Å².